The fourth-order valence-electron chi connectivity index (χ4n) is 1.91. The molecule has 2 atom stereocenters. The van der Waals surface area contributed by atoms with E-state index in [-0.39, 0.29) is 6.10 Å². The Hall–Kier alpha value is -1.78. The lowest BCUT2D eigenvalue weighted by atomic mass is 10.3. The van der Waals surface area contributed by atoms with Crippen LogP contribution >= 0.6 is 0 Å². The largest absolute Gasteiger partial charge is 0.475 e. The van der Waals surface area contributed by atoms with Crippen LogP contribution in [-0.2, 0) is 6.54 Å². The third-order valence-electron chi connectivity index (χ3n) is 3.27. The molecule has 0 aromatic carbocycles. The Bertz CT molecular complexity index is 455. The maximum Gasteiger partial charge on any atom is 0.213 e. The van der Waals surface area contributed by atoms with E-state index in [1.54, 1.807) is 7.05 Å². The Morgan fingerprint density at radius 1 is 1.50 bits per heavy atom. The van der Waals surface area contributed by atoms with Gasteiger partial charge in [-0.2, -0.15) is 0 Å². The summed E-state index contributed by atoms with van der Waals surface area (Å²) in [5.74, 6) is 2.27. The molecule has 2 N–H and O–H groups in total. The van der Waals surface area contributed by atoms with Crippen LogP contribution in [0.5, 0.6) is 5.88 Å². The van der Waals surface area contributed by atoms with Gasteiger partial charge in [-0.15, -0.1) is 0 Å². The molecule has 1 aliphatic rings. The van der Waals surface area contributed by atoms with E-state index >= 15 is 0 Å². The van der Waals surface area contributed by atoms with Gasteiger partial charge in [-0.25, -0.2) is 4.98 Å². The molecule has 1 fully saturated rings. The summed E-state index contributed by atoms with van der Waals surface area (Å²) in [5, 5.41) is 6.69. The fraction of sp³-hybridized carbons (Fsp3) is 0.600. The average Bonchev–Trinajstić information content (AvgIpc) is 3.11. The highest BCUT2D eigenvalue weighted by Crippen LogP contribution is 2.28. The topological polar surface area (TPSA) is 58.5 Å². The van der Waals surface area contributed by atoms with E-state index < -0.39 is 0 Å². The number of guanidine groups is 1. The lowest BCUT2D eigenvalue weighted by Gasteiger charge is -2.12. The minimum absolute atomic E-state index is 0.148. The minimum Gasteiger partial charge on any atom is -0.475 e. The van der Waals surface area contributed by atoms with Crippen molar-refractivity contribution in [1.29, 1.82) is 0 Å². The molecular formula is C15H24N4O. The van der Waals surface area contributed by atoms with Crippen LogP contribution in [-0.4, -0.2) is 30.1 Å². The third-order valence-corrected chi connectivity index (χ3v) is 3.27. The average molecular weight is 276 g/mol. The zero-order valence-corrected chi connectivity index (χ0v) is 12.7. The normalized spacial score (nSPS) is 21.8. The molecule has 0 radical (unpaired) electrons. The van der Waals surface area contributed by atoms with E-state index in [2.05, 4.69) is 27.5 Å². The van der Waals surface area contributed by atoms with Gasteiger partial charge < -0.3 is 15.4 Å². The minimum atomic E-state index is 0.148. The van der Waals surface area contributed by atoms with Crippen molar-refractivity contribution in [2.75, 3.05) is 7.05 Å². The standard InChI is InChI=1S/C15H24N4O/c1-10(2)20-14-6-5-12(8-17-14)9-18-15(16-4)19-13-7-11(13)3/h5-6,8,10-11,13H,7,9H2,1-4H3,(H2,16,18,19). The highest BCUT2D eigenvalue weighted by molar-refractivity contribution is 5.80. The van der Waals surface area contributed by atoms with Crippen LogP contribution in [0.1, 0.15) is 32.8 Å². The van der Waals surface area contributed by atoms with Crippen LogP contribution in [0.25, 0.3) is 0 Å². The molecule has 0 saturated heterocycles. The van der Waals surface area contributed by atoms with Crippen LogP contribution in [0.4, 0.5) is 0 Å². The second-order valence-corrected chi connectivity index (χ2v) is 5.56. The number of nitrogens with one attached hydrogen (secondary N) is 2. The molecule has 0 bridgehead atoms. The van der Waals surface area contributed by atoms with E-state index in [1.807, 2.05) is 32.2 Å². The molecular weight excluding hydrogens is 252 g/mol. The predicted molar refractivity (Wildman–Crippen MR) is 80.9 cm³/mol. The Morgan fingerprint density at radius 3 is 2.75 bits per heavy atom. The molecule has 1 aromatic heterocycles. The van der Waals surface area contributed by atoms with Gasteiger partial charge in [-0.05, 0) is 31.7 Å². The van der Waals surface area contributed by atoms with Crippen LogP contribution in [0.2, 0.25) is 0 Å². The summed E-state index contributed by atoms with van der Waals surface area (Å²) in [7, 11) is 1.79. The van der Waals surface area contributed by atoms with Gasteiger partial charge in [0.25, 0.3) is 0 Å². The van der Waals surface area contributed by atoms with Gasteiger partial charge in [-0.3, -0.25) is 4.99 Å². The third kappa shape index (κ3) is 4.40. The predicted octanol–water partition coefficient (Wildman–Crippen LogP) is 1.94. The molecule has 1 saturated carbocycles. The maximum atomic E-state index is 5.52. The van der Waals surface area contributed by atoms with E-state index in [4.69, 9.17) is 4.74 Å². The smallest absolute Gasteiger partial charge is 0.213 e. The zero-order chi connectivity index (χ0) is 14.5. The van der Waals surface area contributed by atoms with E-state index in [0.29, 0.717) is 18.5 Å². The molecule has 2 unspecified atom stereocenters. The second kappa shape index (κ2) is 6.59. The van der Waals surface area contributed by atoms with Gasteiger partial charge in [0.2, 0.25) is 5.88 Å². The Balaban J connectivity index is 1.80. The van der Waals surface area contributed by atoms with Crippen molar-refractivity contribution in [3.8, 4) is 5.88 Å². The quantitative estimate of drug-likeness (QED) is 0.637. The van der Waals surface area contributed by atoms with Gasteiger partial charge in [0.05, 0.1) is 6.10 Å². The van der Waals surface area contributed by atoms with Crippen LogP contribution < -0.4 is 15.4 Å². The number of nitrogens with zero attached hydrogens (tertiary/aromatic N) is 2. The molecule has 0 amide bonds. The fourth-order valence-corrected chi connectivity index (χ4v) is 1.91. The monoisotopic (exact) mass is 276 g/mol. The molecule has 20 heavy (non-hydrogen) atoms. The highest BCUT2D eigenvalue weighted by Gasteiger charge is 2.33. The summed E-state index contributed by atoms with van der Waals surface area (Å²) in [6.45, 7) is 6.93. The van der Waals surface area contributed by atoms with Crippen molar-refractivity contribution in [3.05, 3.63) is 23.9 Å². The van der Waals surface area contributed by atoms with E-state index in [1.165, 1.54) is 6.42 Å². The van der Waals surface area contributed by atoms with Crippen molar-refractivity contribution in [3.63, 3.8) is 0 Å². The number of rotatable bonds is 5. The molecule has 5 heteroatoms. The van der Waals surface area contributed by atoms with Crippen LogP contribution in [0.3, 0.4) is 0 Å². The van der Waals surface area contributed by atoms with Gasteiger partial charge in [0.1, 0.15) is 0 Å². The molecule has 5 nitrogen and oxygen atoms in total. The molecule has 110 valence electrons. The Kier molecular flexibility index (Phi) is 4.82. The van der Waals surface area contributed by atoms with E-state index in [9.17, 15) is 0 Å². The van der Waals surface area contributed by atoms with Crippen LogP contribution in [0, 0.1) is 5.92 Å². The van der Waals surface area contributed by atoms with Crippen molar-refractivity contribution < 1.29 is 4.74 Å². The second-order valence-electron chi connectivity index (χ2n) is 5.56. The number of ether oxygens (including phenoxy) is 1. The number of aliphatic imine (C=N–C) groups is 1. The molecule has 2 rings (SSSR count). The van der Waals surface area contributed by atoms with E-state index in [0.717, 1.165) is 17.4 Å². The first-order chi connectivity index (χ1) is 9.58. The highest BCUT2D eigenvalue weighted by atomic mass is 16.5. The lowest BCUT2D eigenvalue weighted by molar-refractivity contribution is 0.232. The van der Waals surface area contributed by atoms with Crippen molar-refractivity contribution in [2.24, 2.45) is 10.9 Å². The van der Waals surface area contributed by atoms with Crippen molar-refractivity contribution >= 4 is 5.96 Å². The summed E-state index contributed by atoms with van der Waals surface area (Å²) in [6.07, 6.45) is 3.20. The number of pyridine rings is 1. The lowest BCUT2D eigenvalue weighted by Crippen LogP contribution is -2.38. The summed E-state index contributed by atoms with van der Waals surface area (Å²) < 4.78 is 5.52. The molecule has 0 spiro atoms. The van der Waals surface area contributed by atoms with Gasteiger partial charge >= 0.3 is 0 Å². The number of hydrogen-bond acceptors (Lipinski definition) is 3. The molecule has 1 aromatic rings. The Morgan fingerprint density at radius 2 is 2.25 bits per heavy atom. The first-order valence-electron chi connectivity index (χ1n) is 7.17. The summed E-state index contributed by atoms with van der Waals surface area (Å²) in [5.41, 5.74) is 1.10. The maximum absolute atomic E-state index is 5.52. The summed E-state index contributed by atoms with van der Waals surface area (Å²) in [6, 6.07) is 4.49. The molecule has 0 aliphatic heterocycles. The van der Waals surface area contributed by atoms with Crippen molar-refractivity contribution in [2.45, 2.75) is 45.9 Å². The zero-order valence-electron chi connectivity index (χ0n) is 12.7. The first kappa shape index (κ1) is 14.6. The van der Waals surface area contributed by atoms with Gasteiger partial charge in [0, 0.05) is 31.9 Å². The van der Waals surface area contributed by atoms with Gasteiger partial charge in [0.15, 0.2) is 5.96 Å². The molecule has 1 aliphatic carbocycles. The SMILES string of the molecule is CN=C(NCc1ccc(OC(C)C)nc1)NC1CC1C. The van der Waals surface area contributed by atoms with Crippen LogP contribution in [0.15, 0.2) is 23.3 Å². The van der Waals surface area contributed by atoms with Gasteiger partial charge in [-0.1, -0.05) is 13.0 Å². The number of hydrogen-bond donors (Lipinski definition) is 2. The summed E-state index contributed by atoms with van der Waals surface area (Å²) >= 11 is 0. The first-order valence-corrected chi connectivity index (χ1v) is 7.17. The Labute approximate surface area is 120 Å². The van der Waals surface area contributed by atoms with Crippen molar-refractivity contribution in [1.82, 2.24) is 15.6 Å². The number of aromatic nitrogens is 1. The molecule has 1 heterocycles. The summed E-state index contributed by atoms with van der Waals surface area (Å²) in [4.78, 5) is 8.51.